The van der Waals surface area contributed by atoms with Crippen LogP contribution in [0, 0.1) is 12.7 Å². The van der Waals surface area contributed by atoms with Crippen LogP contribution in [-0.2, 0) is 0 Å². The number of carbonyl (C=O) groups excluding carboxylic acids is 1. The third-order valence-electron chi connectivity index (χ3n) is 2.05. The molecule has 0 aliphatic rings. The van der Waals surface area contributed by atoms with Crippen LogP contribution in [0.25, 0.3) is 0 Å². The molecule has 0 aromatic heterocycles. The van der Waals surface area contributed by atoms with Crippen LogP contribution in [-0.4, -0.2) is 12.5 Å². The minimum absolute atomic E-state index is 0.224. The molecule has 0 bridgehead atoms. The molecule has 1 rings (SSSR count). The van der Waals surface area contributed by atoms with Gasteiger partial charge in [-0.1, -0.05) is 25.8 Å². The predicted octanol–water partition coefficient (Wildman–Crippen LogP) is 2.56. The smallest absolute Gasteiger partial charge is 0.251 e. The first-order chi connectivity index (χ1) is 7.24. The number of hydrogen-bond donors (Lipinski definition) is 1. The van der Waals surface area contributed by atoms with Gasteiger partial charge in [0.15, 0.2) is 0 Å². The zero-order chi connectivity index (χ0) is 11.1. The van der Waals surface area contributed by atoms with Crippen molar-refractivity contribution in [3.05, 3.63) is 42.6 Å². The van der Waals surface area contributed by atoms with E-state index in [1.165, 1.54) is 18.2 Å². The first-order valence-corrected chi connectivity index (χ1v) is 5.07. The second-order valence-electron chi connectivity index (χ2n) is 3.33. The van der Waals surface area contributed by atoms with E-state index in [-0.39, 0.29) is 11.7 Å². The van der Waals surface area contributed by atoms with Crippen molar-refractivity contribution in [3.8, 4) is 0 Å². The summed E-state index contributed by atoms with van der Waals surface area (Å²) in [6, 6.07) is 5.68. The molecule has 15 heavy (non-hydrogen) atoms. The van der Waals surface area contributed by atoms with E-state index in [1.807, 2.05) is 0 Å². The van der Waals surface area contributed by atoms with Crippen LogP contribution in [0.2, 0.25) is 0 Å². The average Bonchev–Trinajstić information content (AvgIpc) is 2.24. The van der Waals surface area contributed by atoms with E-state index in [4.69, 9.17) is 0 Å². The van der Waals surface area contributed by atoms with E-state index in [0.29, 0.717) is 12.1 Å². The zero-order valence-electron chi connectivity index (χ0n) is 8.63. The first-order valence-electron chi connectivity index (χ1n) is 5.07. The van der Waals surface area contributed by atoms with Gasteiger partial charge in [0.05, 0.1) is 0 Å². The highest BCUT2D eigenvalue weighted by molar-refractivity contribution is 5.94. The van der Waals surface area contributed by atoms with Gasteiger partial charge in [-0.15, -0.1) is 0 Å². The number of unbranched alkanes of at least 4 members (excludes halogenated alkanes) is 2. The number of carbonyl (C=O) groups is 1. The van der Waals surface area contributed by atoms with Crippen molar-refractivity contribution >= 4 is 5.91 Å². The van der Waals surface area contributed by atoms with E-state index >= 15 is 0 Å². The summed E-state index contributed by atoms with van der Waals surface area (Å²) in [6.45, 7) is 4.33. The molecule has 0 atom stereocenters. The third-order valence-corrected chi connectivity index (χ3v) is 2.05. The van der Waals surface area contributed by atoms with Gasteiger partial charge in [0.1, 0.15) is 5.82 Å². The maximum atomic E-state index is 12.8. The van der Waals surface area contributed by atoms with Crippen LogP contribution in [0.1, 0.15) is 29.6 Å². The summed E-state index contributed by atoms with van der Waals surface area (Å²) >= 11 is 0. The molecule has 1 N–H and O–H groups in total. The number of hydrogen-bond acceptors (Lipinski definition) is 1. The van der Waals surface area contributed by atoms with Crippen LogP contribution in [0.4, 0.5) is 4.39 Å². The number of benzene rings is 1. The lowest BCUT2D eigenvalue weighted by Crippen LogP contribution is -2.24. The van der Waals surface area contributed by atoms with Gasteiger partial charge in [0.2, 0.25) is 0 Å². The molecule has 81 valence electrons. The monoisotopic (exact) mass is 208 g/mol. The Morgan fingerprint density at radius 1 is 1.40 bits per heavy atom. The van der Waals surface area contributed by atoms with Gasteiger partial charge in [-0.3, -0.25) is 4.79 Å². The first kappa shape index (κ1) is 11.7. The fraction of sp³-hybridized carbons (Fsp3) is 0.333. The lowest BCUT2D eigenvalue weighted by molar-refractivity contribution is 0.0952. The average molecular weight is 208 g/mol. The zero-order valence-corrected chi connectivity index (χ0v) is 8.63. The maximum absolute atomic E-state index is 12.8. The van der Waals surface area contributed by atoms with Crippen molar-refractivity contribution in [3.63, 3.8) is 0 Å². The van der Waals surface area contributed by atoms with Crippen molar-refractivity contribution in [1.82, 2.24) is 5.32 Å². The van der Waals surface area contributed by atoms with Crippen molar-refractivity contribution in [2.24, 2.45) is 0 Å². The molecule has 1 radical (unpaired) electrons. The van der Waals surface area contributed by atoms with E-state index in [9.17, 15) is 9.18 Å². The van der Waals surface area contributed by atoms with Gasteiger partial charge in [0, 0.05) is 12.1 Å². The Morgan fingerprint density at radius 2 is 2.20 bits per heavy atom. The van der Waals surface area contributed by atoms with Crippen molar-refractivity contribution in [2.45, 2.75) is 19.3 Å². The van der Waals surface area contributed by atoms with Crippen LogP contribution in [0.5, 0.6) is 0 Å². The lowest BCUT2D eigenvalue weighted by Gasteiger charge is -2.04. The quantitative estimate of drug-likeness (QED) is 0.740. The minimum Gasteiger partial charge on any atom is -0.352 e. The van der Waals surface area contributed by atoms with Gasteiger partial charge in [0.25, 0.3) is 5.91 Å². The highest BCUT2D eigenvalue weighted by Gasteiger charge is 2.04. The fourth-order valence-corrected chi connectivity index (χ4v) is 1.24. The largest absolute Gasteiger partial charge is 0.352 e. The summed E-state index contributed by atoms with van der Waals surface area (Å²) in [5, 5.41) is 2.73. The molecule has 1 amide bonds. The molecule has 0 aliphatic heterocycles. The molecule has 2 nitrogen and oxygen atoms in total. The molecule has 1 aromatic carbocycles. The van der Waals surface area contributed by atoms with Crippen molar-refractivity contribution < 1.29 is 9.18 Å². The summed E-state index contributed by atoms with van der Waals surface area (Å²) in [4.78, 5) is 11.5. The minimum atomic E-state index is -0.389. The molecule has 0 saturated heterocycles. The fourth-order valence-electron chi connectivity index (χ4n) is 1.24. The molecular weight excluding hydrogens is 193 g/mol. The van der Waals surface area contributed by atoms with Crippen molar-refractivity contribution in [1.29, 1.82) is 0 Å². The number of nitrogens with one attached hydrogen (secondary N) is 1. The number of rotatable bonds is 5. The van der Waals surface area contributed by atoms with E-state index < -0.39 is 0 Å². The number of amides is 1. The summed E-state index contributed by atoms with van der Waals surface area (Å²) in [5.41, 5.74) is 0.365. The maximum Gasteiger partial charge on any atom is 0.251 e. The molecule has 3 heteroatoms. The Kier molecular flexibility index (Phi) is 4.81. The number of halogens is 1. The van der Waals surface area contributed by atoms with Crippen molar-refractivity contribution in [2.75, 3.05) is 6.54 Å². The second kappa shape index (κ2) is 6.17. The van der Waals surface area contributed by atoms with Crippen LogP contribution < -0.4 is 5.32 Å². The van der Waals surface area contributed by atoms with E-state index in [1.54, 1.807) is 6.07 Å². The highest BCUT2D eigenvalue weighted by atomic mass is 19.1. The molecule has 0 fully saturated rings. The van der Waals surface area contributed by atoms with E-state index in [2.05, 4.69) is 12.2 Å². The van der Waals surface area contributed by atoms with Crippen LogP contribution >= 0.6 is 0 Å². The van der Waals surface area contributed by atoms with Crippen LogP contribution in [0.3, 0.4) is 0 Å². The van der Waals surface area contributed by atoms with Crippen LogP contribution in [0.15, 0.2) is 24.3 Å². The normalized spacial score (nSPS) is 10.0. The summed E-state index contributed by atoms with van der Waals surface area (Å²) in [7, 11) is 0. The Morgan fingerprint density at radius 3 is 2.87 bits per heavy atom. The third kappa shape index (κ3) is 4.11. The Hall–Kier alpha value is -1.38. The summed E-state index contributed by atoms with van der Waals surface area (Å²) in [6.07, 6.45) is 2.77. The molecule has 0 heterocycles. The molecular formula is C12H15FNO. The van der Waals surface area contributed by atoms with Gasteiger partial charge in [-0.05, 0) is 24.6 Å². The Labute approximate surface area is 89.5 Å². The van der Waals surface area contributed by atoms with Gasteiger partial charge in [-0.2, -0.15) is 0 Å². The topological polar surface area (TPSA) is 29.1 Å². The molecule has 0 saturated carbocycles. The second-order valence-corrected chi connectivity index (χ2v) is 3.33. The Balaban J connectivity index is 2.40. The summed E-state index contributed by atoms with van der Waals surface area (Å²) < 4.78 is 12.8. The Bertz CT molecular complexity index is 325. The molecule has 0 aliphatic carbocycles. The van der Waals surface area contributed by atoms with Gasteiger partial charge < -0.3 is 5.32 Å². The van der Waals surface area contributed by atoms with E-state index in [0.717, 1.165) is 19.3 Å². The van der Waals surface area contributed by atoms with Gasteiger partial charge in [-0.25, -0.2) is 4.39 Å². The standard InChI is InChI=1S/C12H15FNO/c1-2-3-4-8-14-12(15)10-6-5-7-11(13)9-10/h5-7,9H,1-4,8H2,(H,14,15). The molecule has 1 aromatic rings. The molecule has 0 spiro atoms. The summed E-state index contributed by atoms with van der Waals surface area (Å²) in [5.74, 6) is -0.612. The van der Waals surface area contributed by atoms with Gasteiger partial charge >= 0.3 is 0 Å². The lowest BCUT2D eigenvalue weighted by atomic mass is 10.2. The predicted molar refractivity (Wildman–Crippen MR) is 57.9 cm³/mol. The SMILES string of the molecule is [CH2]CCCCNC(=O)c1cccc(F)c1. The molecule has 0 unspecified atom stereocenters. The highest BCUT2D eigenvalue weighted by Crippen LogP contribution is 2.03.